The fraction of sp³-hybridized carbons (Fsp3) is 0.500. The molecule has 1 saturated heterocycles. The zero-order valence-corrected chi connectivity index (χ0v) is 10.7. The van der Waals surface area contributed by atoms with E-state index in [-0.39, 0.29) is 12.1 Å². The number of nitrogens with zero attached hydrogens (tertiary/aromatic N) is 1. The molecule has 0 saturated carbocycles. The maximum atomic E-state index is 5.99. The van der Waals surface area contributed by atoms with Crippen molar-refractivity contribution < 1.29 is 4.74 Å². The highest BCUT2D eigenvalue weighted by Gasteiger charge is 2.27. The summed E-state index contributed by atoms with van der Waals surface area (Å²) < 4.78 is 5.77. The van der Waals surface area contributed by atoms with Crippen LogP contribution >= 0.6 is 11.6 Å². The van der Waals surface area contributed by atoms with E-state index in [1.165, 1.54) is 0 Å². The second-order valence-electron chi connectivity index (χ2n) is 4.37. The Morgan fingerprint density at radius 3 is 3.06 bits per heavy atom. The van der Waals surface area contributed by atoms with Crippen molar-refractivity contribution in [3.05, 3.63) is 34.9 Å². The van der Waals surface area contributed by atoms with E-state index in [0.29, 0.717) is 5.02 Å². The summed E-state index contributed by atoms with van der Waals surface area (Å²) in [6.45, 7) is 2.56. The molecule has 0 aromatic heterocycles. The molecule has 0 spiro atoms. The van der Waals surface area contributed by atoms with Crippen LogP contribution in [0.4, 0.5) is 0 Å². The standard InChI is InChI=1S/C12H18ClN3O/c1-16-5-6-17-11(8-16)12(15-14)9-3-2-4-10(13)7-9/h2-4,7,11-12,15H,5-6,8,14H2,1H3. The van der Waals surface area contributed by atoms with Gasteiger partial charge in [-0.1, -0.05) is 23.7 Å². The Kier molecular flexibility index (Phi) is 4.36. The van der Waals surface area contributed by atoms with Gasteiger partial charge in [0.1, 0.15) is 0 Å². The lowest BCUT2D eigenvalue weighted by atomic mass is 10.0. The smallest absolute Gasteiger partial charge is 0.0909 e. The van der Waals surface area contributed by atoms with Crippen LogP contribution < -0.4 is 11.3 Å². The summed E-state index contributed by atoms with van der Waals surface area (Å²) in [5.41, 5.74) is 3.88. The van der Waals surface area contributed by atoms with Gasteiger partial charge < -0.3 is 9.64 Å². The number of rotatable bonds is 3. The van der Waals surface area contributed by atoms with Gasteiger partial charge in [-0.15, -0.1) is 0 Å². The highest BCUT2D eigenvalue weighted by molar-refractivity contribution is 6.30. The van der Waals surface area contributed by atoms with Gasteiger partial charge in [-0.25, -0.2) is 0 Å². The topological polar surface area (TPSA) is 50.5 Å². The SMILES string of the molecule is CN1CCOC(C(NN)c2cccc(Cl)c2)C1. The van der Waals surface area contributed by atoms with Crippen LogP contribution in [0.3, 0.4) is 0 Å². The monoisotopic (exact) mass is 255 g/mol. The molecule has 3 N–H and O–H groups in total. The lowest BCUT2D eigenvalue weighted by molar-refractivity contribution is -0.0393. The second-order valence-corrected chi connectivity index (χ2v) is 4.81. The third kappa shape index (κ3) is 3.18. The summed E-state index contributed by atoms with van der Waals surface area (Å²) in [6, 6.07) is 7.68. The predicted molar refractivity (Wildman–Crippen MR) is 68.8 cm³/mol. The molecule has 5 heteroatoms. The van der Waals surface area contributed by atoms with Gasteiger partial charge in [0.2, 0.25) is 0 Å². The largest absolute Gasteiger partial charge is 0.374 e. The first-order valence-electron chi connectivity index (χ1n) is 5.72. The maximum Gasteiger partial charge on any atom is 0.0909 e. The summed E-state index contributed by atoms with van der Waals surface area (Å²) in [5, 5.41) is 0.715. The molecule has 0 aliphatic carbocycles. The van der Waals surface area contributed by atoms with Crippen LogP contribution in [0.25, 0.3) is 0 Å². The first kappa shape index (κ1) is 12.8. The van der Waals surface area contributed by atoms with Gasteiger partial charge in [-0.2, -0.15) is 0 Å². The van der Waals surface area contributed by atoms with E-state index in [4.69, 9.17) is 22.2 Å². The molecule has 1 aliphatic rings. The van der Waals surface area contributed by atoms with E-state index < -0.39 is 0 Å². The van der Waals surface area contributed by atoms with Gasteiger partial charge >= 0.3 is 0 Å². The molecule has 0 radical (unpaired) electrons. The molecule has 1 aliphatic heterocycles. The van der Waals surface area contributed by atoms with Gasteiger partial charge in [-0.3, -0.25) is 11.3 Å². The first-order chi connectivity index (χ1) is 8.20. The van der Waals surface area contributed by atoms with Gasteiger partial charge in [0.05, 0.1) is 18.8 Å². The van der Waals surface area contributed by atoms with Crippen LogP contribution in [0, 0.1) is 0 Å². The zero-order chi connectivity index (χ0) is 12.3. The number of hydrazine groups is 1. The Bertz CT molecular complexity index is 375. The Balaban J connectivity index is 2.15. The van der Waals surface area contributed by atoms with Gasteiger partial charge in [0.25, 0.3) is 0 Å². The zero-order valence-electron chi connectivity index (χ0n) is 9.90. The molecule has 2 atom stereocenters. The molecule has 1 aromatic carbocycles. The minimum Gasteiger partial charge on any atom is -0.374 e. The lowest BCUT2D eigenvalue weighted by Crippen LogP contribution is -2.48. The number of ether oxygens (including phenoxy) is 1. The average Bonchev–Trinajstić information content (AvgIpc) is 2.30. The lowest BCUT2D eigenvalue weighted by Gasteiger charge is -2.35. The molecule has 17 heavy (non-hydrogen) atoms. The minimum atomic E-state index is -0.0311. The molecule has 2 unspecified atom stereocenters. The number of morpholine rings is 1. The van der Waals surface area contributed by atoms with Gasteiger partial charge in [0.15, 0.2) is 0 Å². The van der Waals surface area contributed by atoms with E-state index >= 15 is 0 Å². The van der Waals surface area contributed by atoms with Crippen molar-refractivity contribution in [2.75, 3.05) is 26.7 Å². The van der Waals surface area contributed by atoms with E-state index in [9.17, 15) is 0 Å². The van der Waals surface area contributed by atoms with E-state index in [1.54, 1.807) is 0 Å². The molecule has 4 nitrogen and oxygen atoms in total. The number of nitrogens with two attached hydrogens (primary N) is 1. The number of hydrogen-bond donors (Lipinski definition) is 2. The fourth-order valence-corrected chi connectivity index (χ4v) is 2.33. The summed E-state index contributed by atoms with van der Waals surface area (Å²) in [7, 11) is 2.08. The number of likely N-dealkylation sites (N-methyl/N-ethyl adjacent to an activating group) is 1. The van der Waals surface area contributed by atoms with Crippen molar-refractivity contribution in [2.24, 2.45) is 5.84 Å². The number of hydrogen-bond acceptors (Lipinski definition) is 4. The predicted octanol–water partition coefficient (Wildman–Crippen LogP) is 1.18. The van der Waals surface area contributed by atoms with Crippen LogP contribution in [0.5, 0.6) is 0 Å². The van der Waals surface area contributed by atoms with Crippen molar-refractivity contribution in [1.82, 2.24) is 10.3 Å². The van der Waals surface area contributed by atoms with E-state index in [0.717, 1.165) is 25.3 Å². The highest BCUT2D eigenvalue weighted by atomic mass is 35.5. The Morgan fingerprint density at radius 2 is 2.41 bits per heavy atom. The van der Waals surface area contributed by atoms with E-state index in [2.05, 4.69) is 17.4 Å². The van der Waals surface area contributed by atoms with Gasteiger partial charge in [-0.05, 0) is 24.7 Å². The third-order valence-electron chi connectivity index (χ3n) is 3.06. The van der Waals surface area contributed by atoms with Gasteiger partial charge in [0, 0.05) is 18.1 Å². The third-order valence-corrected chi connectivity index (χ3v) is 3.29. The van der Waals surface area contributed by atoms with Crippen molar-refractivity contribution in [3.63, 3.8) is 0 Å². The summed E-state index contributed by atoms with van der Waals surface area (Å²) >= 11 is 5.99. The van der Waals surface area contributed by atoms with Crippen LogP contribution in [0.1, 0.15) is 11.6 Å². The van der Waals surface area contributed by atoms with Crippen molar-refractivity contribution in [1.29, 1.82) is 0 Å². The summed E-state index contributed by atoms with van der Waals surface area (Å²) in [6.07, 6.45) is 0.0530. The number of halogens is 1. The summed E-state index contributed by atoms with van der Waals surface area (Å²) in [5.74, 6) is 5.64. The summed E-state index contributed by atoms with van der Waals surface area (Å²) in [4.78, 5) is 2.24. The molecule has 1 fully saturated rings. The quantitative estimate of drug-likeness (QED) is 0.629. The average molecular weight is 256 g/mol. The Morgan fingerprint density at radius 1 is 1.59 bits per heavy atom. The van der Waals surface area contributed by atoms with Crippen molar-refractivity contribution in [2.45, 2.75) is 12.1 Å². The molecule has 1 heterocycles. The van der Waals surface area contributed by atoms with Crippen LogP contribution in [-0.2, 0) is 4.74 Å². The molecule has 94 valence electrons. The Labute approximate surface area is 107 Å². The molecular formula is C12H18ClN3O. The second kappa shape index (κ2) is 5.80. The van der Waals surface area contributed by atoms with Crippen LogP contribution in [0.15, 0.2) is 24.3 Å². The van der Waals surface area contributed by atoms with Crippen molar-refractivity contribution >= 4 is 11.6 Å². The molecule has 1 aromatic rings. The Hall–Kier alpha value is -0.650. The molecule has 0 bridgehead atoms. The number of nitrogens with one attached hydrogen (secondary N) is 1. The molecule has 0 amide bonds. The van der Waals surface area contributed by atoms with Crippen molar-refractivity contribution in [3.8, 4) is 0 Å². The first-order valence-corrected chi connectivity index (χ1v) is 6.10. The molecule has 2 rings (SSSR count). The molecular weight excluding hydrogens is 238 g/mol. The minimum absolute atomic E-state index is 0.0311. The van der Waals surface area contributed by atoms with Crippen LogP contribution in [-0.4, -0.2) is 37.7 Å². The van der Waals surface area contributed by atoms with Crippen LogP contribution in [0.2, 0.25) is 5.02 Å². The number of benzene rings is 1. The maximum absolute atomic E-state index is 5.99. The highest BCUT2D eigenvalue weighted by Crippen LogP contribution is 2.23. The fourth-order valence-electron chi connectivity index (χ4n) is 2.13. The normalized spacial score (nSPS) is 23.6. The van der Waals surface area contributed by atoms with E-state index in [1.807, 2.05) is 24.3 Å².